The molecule has 0 saturated carbocycles. The number of aromatic amines is 1. The lowest BCUT2D eigenvalue weighted by molar-refractivity contribution is -0.123. The lowest BCUT2D eigenvalue weighted by atomic mass is 9.87. The highest BCUT2D eigenvalue weighted by atomic mass is 32.2. The molecule has 2 heterocycles. The van der Waals surface area contributed by atoms with Crippen LogP contribution in [0.2, 0.25) is 0 Å². The largest absolute Gasteiger partial charge is 0.448 e. The lowest BCUT2D eigenvalue weighted by Crippen LogP contribution is -2.40. The average Bonchev–Trinajstić information content (AvgIpc) is 3.25. The minimum Gasteiger partial charge on any atom is -0.448 e. The molecule has 2 aromatic rings. The molecule has 3 rings (SSSR count). The molecule has 0 bridgehead atoms. The zero-order valence-electron chi connectivity index (χ0n) is 18.7. The van der Waals surface area contributed by atoms with E-state index in [1.165, 1.54) is 23.5 Å². The fraction of sp³-hybridized carbons (Fsp3) is 0.455. The van der Waals surface area contributed by atoms with Crippen LogP contribution in [0.3, 0.4) is 0 Å². The second kappa shape index (κ2) is 9.43. The van der Waals surface area contributed by atoms with Crippen LogP contribution in [0.25, 0.3) is 0 Å². The molecule has 0 aliphatic carbocycles. The second-order valence-electron chi connectivity index (χ2n) is 8.63. The molecule has 1 fully saturated rings. The lowest BCUT2D eigenvalue weighted by Gasteiger charge is -2.25. The van der Waals surface area contributed by atoms with Gasteiger partial charge in [0.25, 0.3) is 5.91 Å². The van der Waals surface area contributed by atoms with Gasteiger partial charge in [-0.2, -0.15) is 4.31 Å². The molecule has 1 aliphatic rings. The normalized spacial score (nSPS) is 16.4. The number of carbonyl (C=O) groups is 2. The molecule has 2 N–H and O–H groups in total. The molecule has 32 heavy (non-hydrogen) atoms. The highest BCUT2D eigenvalue weighted by Crippen LogP contribution is 2.24. The van der Waals surface area contributed by atoms with Crippen molar-refractivity contribution in [2.75, 3.05) is 31.6 Å². The van der Waals surface area contributed by atoms with Gasteiger partial charge in [0, 0.05) is 25.0 Å². The molecule has 174 valence electrons. The van der Waals surface area contributed by atoms with Gasteiger partial charge in [-0.15, -0.1) is 0 Å². The summed E-state index contributed by atoms with van der Waals surface area (Å²) in [6.07, 6.45) is 0.163. The van der Waals surface area contributed by atoms with E-state index < -0.39 is 28.0 Å². The summed E-state index contributed by atoms with van der Waals surface area (Å²) in [5, 5.41) is 2.71. The summed E-state index contributed by atoms with van der Waals surface area (Å²) in [4.78, 5) is 27.4. The van der Waals surface area contributed by atoms with Crippen molar-refractivity contribution in [2.45, 2.75) is 44.1 Å². The van der Waals surface area contributed by atoms with Crippen molar-refractivity contribution in [3.63, 3.8) is 0 Å². The summed E-state index contributed by atoms with van der Waals surface area (Å²) in [7, 11) is -3.74. The SMILES string of the molecule is CC(OC(=O)c1cc(S(=O)(=O)N2CCOCC2)c[nH]1)C(=O)Nc1ccc(C(C)(C)C)cc1. The fourth-order valence-corrected chi connectivity index (χ4v) is 4.55. The molecule has 1 atom stereocenters. The summed E-state index contributed by atoms with van der Waals surface area (Å²) in [5.41, 5.74) is 1.66. The summed E-state index contributed by atoms with van der Waals surface area (Å²) in [6.45, 7) is 8.89. The van der Waals surface area contributed by atoms with E-state index in [2.05, 4.69) is 31.1 Å². The number of nitrogens with one attached hydrogen (secondary N) is 2. The first-order chi connectivity index (χ1) is 15.0. The Labute approximate surface area is 188 Å². The van der Waals surface area contributed by atoms with Crippen LogP contribution in [-0.2, 0) is 29.7 Å². The molecule has 1 saturated heterocycles. The van der Waals surface area contributed by atoms with Crippen LogP contribution in [-0.4, -0.2) is 62.0 Å². The third kappa shape index (κ3) is 5.56. The number of benzene rings is 1. The number of esters is 1. The standard InChI is InChI=1S/C22H29N3O6S/c1-15(20(26)24-17-7-5-16(6-8-17)22(2,3)4)31-21(27)19-13-18(14-23-19)32(28,29)25-9-11-30-12-10-25/h5-8,13-15,23H,9-12H2,1-4H3,(H,24,26). The number of sulfonamides is 1. The van der Waals surface area contributed by atoms with Crippen LogP contribution in [0.15, 0.2) is 41.4 Å². The monoisotopic (exact) mass is 463 g/mol. The van der Waals surface area contributed by atoms with Crippen LogP contribution in [0, 0.1) is 0 Å². The topological polar surface area (TPSA) is 118 Å². The predicted octanol–water partition coefficient (Wildman–Crippen LogP) is 2.52. The van der Waals surface area contributed by atoms with Crippen molar-refractivity contribution in [1.29, 1.82) is 0 Å². The number of nitrogens with zero attached hydrogens (tertiary/aromatic N) is 1. The van der Waals surface area contributed by atoms with Crippen molar-refractivity contribution in [3.05, 3.63) is 47.8 Å². The Morgan fingerprint density at radius 3 is 2.38 bits per heavy atom. The van der Waals surface area contributed by atoms with Gasteiger partial charge >= 0.3 is 5.97 Å². The Morgan fingerprint density at radius 2 is 1.78 bits per heavy atom. The minimum absolute atomic E-state index is 0.00445. The number of amides is 1. The second-order valence-corrected chi connectivity index (χ2v) is 10.6. The molecule has 0 radical (unpaired) electrons. The van der Waals surface area contributed by atoms with Crippen molar-refractivity contribution >= 4 is 27.6 Å². The first kappa shape index (κ1) is 24.0. The average molecular weight is 464 g/mol. The van der Waals surface area contributed by atoms with Gasteiger partial charge in [0.2, 0.25) is 10.0 Å². The first-order valence-corrected chi connectivity index (χ1v) is 11.8. The Morgan fingerprint density at radius 1 is 1.16 bits per heavy atom. The van der Waals surface area contributed by atoms with Crippen molar-refractivity contribution in [1.82, 2.24) is 9.29 Å². The molecule has 0 spiro atoms. The highest BCUT2D eigenvalue weighted by molar-refractivity contribution is 7.89. The Bertz CT molecular complexity index is 1060. The maximum atomic E-state index is 12.7. The number of aromatic nitrogens is 1. The Hall–Kier alpha value is -2.69. The number of carbonyl (C=O) groups excluding carboxylic acids is 2. The van der Waals surface area contributed by atoms with E-state index in [1.807, 2.05) is 12.1 Å². The third-order valence-electron chi connectivity index (χ3n) is 5.16. The highest BCUT2D eigenvalue weighted by Gasteiger charge is 2.29. The Kier molecular flexibility index (Phi) is 7.06. The van der Waals surface area contributed by atoms with E-state index in [-0.39, 0.29) is 29.1 Å². The molecule has 1 amide bonds. The number of morpholine rings is 1. The van der Waals surface area contributed by atoms with Crippen LogP contribution < -0.4 is 5.32 Å². The maximum Gasteiger partial charge on any atom is 0.355 e. The van der Waals surface area contributed by atoms with Crippen molar-refractivity contribution in [2.24, 2.45) is 0 Å². The van der Waals surface area contributed by atoms with Crippen LogP contribution in [0.4, 0.5) is 5.69 Å². The van der Waals surface area contributed by atoms with Gasteiger partial charge in [-0.1, -0.05) is 32.9 Å². The fourth-order valence-electron chi connectivity index (χ4n) is 3.15. The van der Waals surface area contributed by atoms with Gasteiger partial charge in [0.15, 0.2) is 6.10 Å². The molecule has 1 aromatic heterocycles. The van der Waals surface area contributed by atoms with Gasteiger partial charge in [0.05, 0.1) is 13.2 Å². The number of hydrogen-bond donors (Lipinski definition) is 2. The van der Waals surface area contributed by atoms with Crippen molar-refractivity contribution in [3.8, 4) is 0 Å². The maximum absolute atomic E-state index is 12.7. The van der Waals surface area contributed by atoms with Crippen LogP contribution in [0.1, 0.15) is 43.7 Å². The van der Waals surface area contributed by atoms with E-state index in [4.69, 9.17) is 9.47 Å². The first-order valence-electron chi connectivity index (χ1n) is 10.4. The van der Waals surface area contributed by atoms with Gasteiger partial charge in [-0.25, -0.2) is 13.2 Å². The number of H-pyrrole nitrogens is 1. The van der Waals surface area contributed by atoms with Gasteiger partial charge in [-0.3, -0.25) is 4.79 Å². The number of hydrogen-bond acceptors (Lipinski definition) is 6. The summed E-state index contributed by atoms with van der Waals surface area (Å²) < 4.78 is 37.0. The zero-order valence-corrected chi connectivity index (χ0v) is 19.5. The molecule has 1 aromatic carbocycles. The molecule has 1 aliphatic heterocycles. The number of anilines is 1. The number of rotatable bonds is 6. The smallest absolute Gasteiger partial charge is 0.355 e. The molecular weight excluding hydrogens is 434 g/mol. The zero-order chi connectivity index (χ0) is 23.5. The van der Waals surface area contributed by atoms with Crippen molar-refractivity contribution < 1.29 is 27.5 Å². The van der Waals surface area contributed by atoms with Crippen LogP contribution >= 0.6 is 0 Å². The summed E-state index contributed by atoms with van der Waals surface area (Å²) >= 11 is 0. The van der Waals surface area contributed by atoms with Gasteiger partial charge < -0.3 is 19.8 Å². The molecule has 1 unspecified atom stereocenters. The van der Waals surface area contributed by atoms with E-state index >= 15 is 0 Å². The van der Waals surface area contributed by atoms with Crippen LogP contribution in [0.5, 0.6) is 0 Å². The minimum atomic E-state index is -3.74. The summed E-state index contributed by atoms with van der Waals surface area (Å²) in [5.74, 6) is -1.31. The van der Waals surface area contributed by atoms with E-state index in [1.54, 1.807) is 12.1 Å². The molecule has 9 nitrogen and oxygen atoms in total. The third-order valence-corrected chi connectivity index (χ3v) is 7.03. The number of ether oxygens (including phenoxy) is 2. The quantitative estimate of drug-likeness (QED) is 0.636. The van der Waals surface area contributed by atoms with E-state index in [9.17, 15) is 18.0 Å². The van der Waals surface area contributed by atoms with E-state index in [0.717, 1.165) is 5.56 Å². The molecular formula is C22H29N3O6S. The van der Waals surface area contributed by atoms with Gasteiger partial charge in [0.1, 0.15) is 10.6 Å². The Balaban J connectivity index is 1.60. The summed E-state index contributed by atoms with van der Waals surface area (Å²) in [6, 6.07) is 8.66. The molecule has 10 heteroatoms. The predicted molar refractivity (Wildman–Crippen MR) is 119 cm³/mol. The van der Waals surface area contributed by atoms with E-state index in [0.29, 0.717) is 18.9 Å². The van der Waals surface area contributed by atoms with Gasteiger partial charge in [-0.05, 0) is 36.1 Å².